The van der Waals surface area contributed by atoms with Crippen molar-refractivity contribution in [1.29, 1.82) is 0 Å². The third kappa shape index (κ3) is 3.66. The predicted molar refractivity (Wildman–Crippen MR) is 94.3 cm³/mol. The largest absolute Gasteiger partial charge is 0.506 e. The van der Waals surface area contributed by atoms with Gasteiger partial charge in [0.15, 0.2) is 11.6 Å². The maximum Gasteiger partial charge on any atom is 0.165 e. The van der Waals surface area contributed by atoms with Gasteiger partial charge in [0, 0.05) is 19.6 Å². The lowest BCUT2D eigenvalue weighted by Crippen LogP contribution is -2.29. The van der Waals surface area contributed by atoms with Crippen LogP contribution < -0.4 is 4.74 Å². The number of rotatable bonds is 5. The van der Waals surface area contributed by atoms with E-state index in [2.05, 4.69) is 9.88 Å². The Labute approximate surface area is 152 Å². The lowest BCUT2D eigenvalue weighted by atomic mass is 10.0. The zero-order chi connectivity index (χ0) is 18.1. The number of halogens is 1. The highest BCUT2D eigenvalue weighted by molar-refractivity contribution is 5.24. The summed E-state index contributed by atoms with van der Waals surface area (Å²) in [5, 5.41) is 19.6. The van der Waals surface area contributed by atoms with Gasteiger partial charge >= 0.3 is 0 Å². The van der Waals surface area contributed by atoms with Crippen molar-refractivity contribution in [3.05, 3.63) is 54.1 Å². The molecule has 1 aliphatic carbocycles. The summed E-state index contributed by atoms with van der Waals surface area (Å²) in [6.45, 7) is 2.36. The molecule has 0 radical (unpaired) electrons. The molecule has 2 aromatic rings. The molecule has 4 rings (SSSR count). The van der Waals surface area contributed by atoms with Crippen molar-refractivity contribution in [3.63, 3.8) is 0 Å². The number of aromatic nitrogens is 1. The van der Waals surface area contributed by atoms with E-state index in [9.17, 15) is 14.6 Å². The predicted octanol–water partition coefficient (Wildman–Crippen LogP) is 2.75. The van der Waals surface area contributed by atoms with E-state index in [1.165, 1.54) is 18.3 Å². The fourth-order valence-electron chi connectivity index (χ4n) is 4.24. The molecule has 6 heteroatoms. The van der Waals surface area contributed by atoms with Crippen LogP contribution in [-0.2, 0) is 0 Å². The molecule has 138 valence electrons. The second-order valence-electron chi connectivity index (χ2n) is 7.34. The number of aliphatic hydroxyl groups excluding tert-OH is 1. The number of aromatic hydroxyl groups is 1. The average molecular weight is 358 g/mol. The van der Waals surface area contributed by atoms with Crippen LogP contribution in [0.4, 0.5) is 4.39 Å². The van der Waals surface area contributed by atoms with Crippen molar-refractivity contribution in [1.82, 2.24) is 9.88 Å². The molecule has 26 heavy (non-hydrogen) atoms. The highest BCUT2D eigenvalue weighted by Crippen LogP contribution is 2.40. The number of nitrogens with zero attached hydrogens (tertiary/aromatic N) is 2. The Balaban J connectivity index is 1.29. The molecule has 1 saturated heterocycles. The fraction of sp³-hybridized carbons (Fsp3) is 0.450. The van der Waals surface area contributed by atoms with E-state index in [-0.39, 0.29) is 17.7 Å². The normalized spacial score (nSPS) is 26.6. The average Bonchev–Trinajstić information content (AvgIpc) is 3.15. The van der Waals surface area contributed by atoms with E-state index >= 15 is 0 Å². The SMILES string of the molecule is Oc1ccc([C@H](O)CN2C[C@H]3C[C@H](Oc4ccccc4F)C[C@H]3C2)nc1. The van der Waals surface area contributed by atoms with Crippen LogP contribution in [0, 0.1) is 17.7 Å². The first-order valence-electron chi connectivity index (χ1n) is 9.05. The summed E-state index contributed by atoms with van der Waals surface area (Å²) in [4.78, 5) is 6.34. The van der Waals surface area contributed by atoms with Gasteiger partial charge in [-0.2, -0.15) is 0 Å². The minimum Gasteiger partial charge on any atom is -0.506 e. The molecular weight excluding hydrogens is 335 g/mol. The number of fused-ring (bicyclic) bond motifs is 1. The summed E-state index contributed by atoms with van der Waals surface area (Å²) >= 11 is 0. The zero-order valence-electron chi connectivity index (χ0n) is 14.5. The first kappa shape index (κ1) is 17.2. The number of pyridine rings is 1. The molecule has 2 N–H and O–H groups in total. The van der Waals surface area contributed by atoms with E-state index in [1.54, 1.807) is 24.3 Å². The first-order chi connectivity index (χ1) is 12.6. The summed E-state index contributed by atoms with van der Waals surface area (Å²) in [7, 11) is 0. The molecule has 2 fully saturated rings. The number of hydrogen-bond acceptors (Lipinski definition) is 5. The van der Waals surface area contributed by atoms with Gasteiger partial charge < -0.3 is 14.9 Å². The Morgan fingerprint density at radius 2 is 1.88 bits per heavy atom. The zero-order valence-corrected chi connectivity index (χ0v) is 14.5. The molecule has 1 aliphatic heterocycles. The Kier molecular flexibility index (Phi) is 4.78. The van der Waals surface area contributed by atoms with Crippen LogP contribution in [0.1, 0.15) is 24.6 Å². The van der Waals surface area contributed by atoms with Gasteiger partial charge in [-0.1, -0.05) is 12.1 Å². The number of hydrogen-bond donors (Lipinski definition) is 2. The molecule has 1 saturated carbocycles. The molecule has 0 unspecified atom stereocenters. The van der Waals surface area contributed by atoms with Crippen molar-refractivity contribution in [2.75, 3.05) is 19.6 Å². The van der Waals surface area contributed by atoms with Crippen molar-refractivity contribution in [2.24, 2.45) is 11.8 Å². The molecule has 5 nitrogen and oxygen atoms in total. The number of aliphatic hydroxyl groups is 1. The van der Waals surface area contributed by atoms with Gasteiger partial charge in [0.25, 0.3) is 0 Å². The van der Waals surface area contributed by atoms with Crippen LogP contribution in [0.5, 0.6) is 11.5 Å². The van der Waals surface area contributed by atoms with Crippen LogP contribution in [-0.4, -0.2) is 45.8 Å². The summed E-state index contributed by atoms with van der Waals surface area (Å²) in [5.74, 6) is 1.16. The molecular formula is C20H23FN2O3. The summed E-state index contributed by atoms with van der Waals surface area (Å²) in [6, 6.07) is 9.73. The van der Waals surface area contributed by atoms with Gasteiger partial charge in [-0.25, -0.2) is 4.39 Å². The highest BCUT2D eigenvalue weighted by atomic mass is 19.1. The van der Waals surface area contributed by atoms with E-state index in [1.807, 2.05) is 0 Å². The molecule has 2 aliphatic rings. The number of benzene rings is 1. The smallest absolute Gasteiger partial charge is 0.165 e. The topological polar surface area (TPSA) is 65.8 Å². The maximum absolute atomic E-state index is 13.7. The fourth-order valence-corrected chi connectivity index (χ4v) is 4.24. The quantitative estimate of drug-likeness (QED) is 0.860. The first-order valence-corrected chi connectivity index (χ1v) is 9.05. The van der Waals surface area contributed by atoms with Crippen molar-refractivity contribution in [2.45, 2.75) is 25.0 Å². The van der Waals surface area contributed by atoms with E-state index in [4.69, 9.17) is 4.74 Å². The van der Waals surface area contributed by atoms with Gasteiger partial charge in [0.05, 0.1) is 18.0 Å². The van der Waals surface area contributed by atoms with Crippen molar-refractivity contribution < 1.29 is 19.3 Å². The van der Waals surface area contributed by atoms with Crippen molar-refractivity contribution >= 4 is 0 Å². The van der Waals surface area contributed by atoms with Gasteiger partial charge in [-0.05, 0) is 48.9 Å². The summed E-state index contributed by atoms with van der Waals surface area (Å²) < 4.78 is 19.6. The monoisotopic (exact) mass is 358 g/mol. The van der Waals surface area contributed by atoms with Gasteiger partial charge in [-0.15, -0.1) is 0 Å². The second kappa shape index (κ2) is 7.21. The van der Waals surface area contributed by atoms with Crippen LogP contribution in [0.15, 0.2) is 42.6 Å². The Bertz CT molecular complexity index is 741. The second-order valence-corrected chi connectivity index (χ2v) is 7.34. The summed E-state index contributed by atoms with van der Waals surface area (Å²) in [5.41, 5.74) is 0.570. The Hall–Kier alpha value is -2.18. The molecule has 0 amide bonds. The van der Waals surface area contributed by atoms with Gasteiger partial charge in [0.1, 0.15) is 11.9 Å². The summed E-state index contributed by atoms with van der Waals surface area (Å²) in [6.07, 6.45) is 2.58. The minimum absolute atomic E-state index is 0.0627. The third-order valence-corrected chi connectivity index (χ3v) is 5.46. The van der Waals surface area contributed by atoms with Gasteiger partial charge in [0.2, 0.25) is 0 Å². The van der Waals surface area contributed by atoms with Crippen molar-refractivity contribution in [3.8, 4) is 11.5 Å². The lowest BCUT2D eigenvalue weighted by Gasteiger charge is -2.22. The van der Waals surface area contributed by atoms with Crippen LogP contribution >= 0.6 is 0 Å². The number of β-amino-alcohol motifs (C(OH)–C–C–N with tert-alkyl or cyclic N) is 1. The standard InChI is InChI=1S/C20H23FN2O3/c21-17-3-1-2-4-20(17)26-16-7-13-10-23(11-14(13)8-16)12-19(25)18-6-5-15(24)9-22-18/h1-6,9,13-14,16,19,24-25H,7-8,10-12H2/t13-,14+,16+,19-/m1/s1. The third-order valence-electron chi connectivity index (χ3n) is 5.46. The minimum atomic E-state index is -0.667. The Morgan fingerprint density at radius 3 is 2.54 bits per heavy atom. The van der Waals surface area contributed by atoms with Crippen LogP contribution in [0.25, 0.3) is 0 Å². The molecule has 0 spiro atoms. The maximum atomic E-state index is 13.7. The van der Waals surface area contributed by atoms with Crippen LogP contribution in [0.2, 0.25) is 0 Å². The van der Waals surface area contributed by atoms with Gasteiger partial charge in [-0.3, -0.25) is 9.88 Å². The molecule has 1 aromatic carbocycles. The molecule has 0 bridgehead atoms. The van der Waals surface area contributed by atoms with E-state index in [0.29, 0.717) is 29.8 Å². The lowest BCUT2D eigenvalue weighted by molar-refractivity contribution is 0.112. The number of para-hydroxylation sites is 1. The number of ether oxygens (including phenoxy) is 1. The molecule has 4 atom stereocenters. The highest BCUT2D eigenvalue weighted by Gasteiger charge is 2.42. The van der Waals surface area contributed by atoms with Crippen LogP contribution in [0.3, 0.4) is 0 Å². The number of likely N-dealkylation sites (tertiary alicyclic amines) is 1. The molecule has 2 heterocycles. The Morgan fingerprint density at radius 1 is 1.15 bits per heavy atom. The molecule has 1 aromatic heterocycles. The van der Waals surface area contributed by atoms with E-state index < -0.39 is 6.10 Å². The van der Waals surface area contributed by atoms with E-state index in [0.717, 1.165) is 25.9 Å².